The molecule has 1 fully saturated rings. The van der Waals surface area contributed by atoms with Crippen molar-refractivity contribution in [3.8, 4) is 0 Å². The molecule has 2 unspecified atom stereocenters. The van der Waals surface area contributed by atoms with Gasteiger partial charge in [-0.15, -0.1) is 12.4 Å². The second kappa shape index (κ2) is 9.17. The van der Waals surface area contributed by atoms with Crippen molar-refractivity contribution in [2.45, 2.75) is 36.6 Å². The van der Waals surface area contributed by atoms with E-state index in [1.807, 2.05) is 0 Å². The van der Waals surface area contributed by atoms with Crippen LogP contribution in [-0.2, 0) is 14.6 Å². The van der Waals surface area contributed by atoms with Gasteiger partial charge in [0.05, 0.1) is 4.90 Å². The molecule has 5 N–H and O–H groups in total. The number of sulfone groups is 1. The van der Waals surface area contributed by atoms with Crippen LogP contribution in [-0.4, -0.2) is 38.6 Å². The Hall–Kier alpha value is -1.64. The maximum Gasteiger partial charge on any atom is 0.251 e. The van der Waals surface area contributed by atoms with E-state index in [9.17, 15) is 18.0 Å². The van der Waals surface area contributed by atoms with Gasteiger partial charge in [-0.05, 0) is 49.6 Å². The Morgan fingerprint density at radius 3 is 2.28 bits per heavy atom. The van der Waals surface area contributed by atoms with Gasteiger partial charge in [-0.2, -0.15) is 0 Å². The molecule has 2 rings (SSSR count). The standard InChI is InChI=1S/C16H23N3O4S.ClH/c17-9-12-3-1-2-4-14(12)19-16(21)11-5-7-13(8-6-11)24(22,23)10-15(18)20;/h5-8,12,14H,1-4,9-10,17H2,(H2,18,20)(H,19,21);1H. The van der Waals surface area contributed by atoms with Crippen molar-refractivity contribution >= 4 is 34.1 Å². The number of primary amides is 1. The molecular weight excluding hydrogens is 366 g/mol. The highest BCUT2D eigenvalue weighted by Crippen LogP contribution is 2.24. The number of carbonyl (C=O) groups excluding carboxylic acids is 2. The molecule has 1 aliphatic rings. The molecule has 7 nitrogen and oxygen atoms in total. The van der Waals surface area contributed by atoms with Crippen LogP contribution in [0.2, 0.25) is 0 Å². The molecule has 2 atom stereocenters. The number of halogens is 1. The van der Waals surface area contributed by atoms with Crippen LogP contribution < -0.4 is 16.8 Å². The second-order valence-electron chi connectivity index (χ2n) is 6.11. The van der Waals surface area contributed by atoms with Crippen LogP contribution in [0.15, 0.2) is 29.2 Å². The summed E-state index contributed by atoms with van der Waals surface area (Å²) < 4.78 is 23.8. The highest BCUT2D eigenvalue weighted by molar-refractivity contribution is 7.92. The summed E-state index contributed by atoms with van der Waals surface area (Å²) in [5.41, 5.74) is 11.1. The molecule has 0 bridgehead atoms. The minimum atomic E-state index is -3.76. The van der Waals surface area contributed by atoms with Crippen molar-refractivity contribution in [1.82, 2.24) is 5.32 Å². The maximum atomic E-state index is 12.3. The van der Waals surface area contributed by atoms with Crippen molar-refractivity contribution in [3.05, 3.63) is 29.8 Å². The highest BCUT2D eigenvalue weighted by Gasteiger charge is 2.26. The molecule has 25 heavy (non-hydrogen) atoms. The van der Waals surface area contributed by atoms with Gasteiger partial charge in [0.15, 0.2) is 9.84 Å². The van der Waals surface area contributed by atoms with Crippen LogP contribution in [0, 0.1) is 5.92 Å². The summed E-state index contributed by atoms with van der Waals surface area (Å²) in [6.45, 7) is 0.537. The molecule has 0 aromatic heterocycles. The number of benzene rings is 1. The molecule has 0 saturated heterocycles. The Bertz CT molecular complexity index is 707. The predicted molar refractivity (Wildman–Crippen MR) is 97.2 cm³/mol. The Morgan fingerprint density at radius 1 is 1.12 bits per heavy atom. The second-order valence-corrected chi connectivity index (χ2v) is 8.10. The van der Waals surface area contributed by atoms with Gasteiger partial charge in [0, 0.05) is 11.6 Å². The summed E-state index contributed by atoms with van der Waals surface area (Å²) in [7, 11) is -3.76. The summed E-state index contributed by atoms with van der Waals surface area (Å²) in [6, 6.07) is 5.55. The molecule has 0 spiro atoms. The van der Waals surface area contributed by atoms with E-state index < -0.39 is 21.5 Å². The van der Waals surface area contributed by atoms with Gasteiger partial charge in [0.1, 0.15) is 5.75 Å². The van der Waals surface area contributed by atoms with Gasteiger partial charge < -0.3 is 16.8 Å². The van der Waals surface area contributed by atoms with Crippen molar-refractivity contribution in [2.24, 2.45) is 17.4 Å². The van der Waals surface area contributed by atoms with E-state index >= 15 is 0 Å². The lowest BCUT2D eigenvalue weighted by Gasteiger charge is -2.31. The zero-order chi connectivity index (χ0) is 17.7. The Kier molecular flexibility index (Phi) is 7.85. The molecular formula is C16H24ClN3O4S. The molecule has 0 aliphatic heterocycles. The summed E-state index contributed by atoms with van der Waals surface area (Å²) in [5, 5.41) is 2.98. The minimum Gasteiger partial charge on any atom is -0.369 e. The Morgan fingerprint density at radius 2 is 1.72 bits per heavy atom. The van der Waals surface area contributed by atoms with Gasteiger partial charge in [0.25, 0.3) is 5.91 Å². The zero-order valence-electron chi connectivity index (χ0n) is 13.8. The number of amides is 2. The molecule has 0 heterocycles. The van der Waals surface area contributed by atoms with Crippen LogP contribution in [0.5, 0.6) is 0 Å². The summed E-state index contributed by atoms with van der Waals surface area (Å²) >= 11 is 0. The molecule has 0 radical (unpaired) electrons. The average Bonchev–Trinajstić information content (AvgIpc) is 2.54. The monoisotopic (exact) mass is 389 g/mol. The number of hydrogen-bond acceptors (Lipinski definition) is 5. The quantitative estimate of drug-likeness (QED) is 0.655. The first kappa shape index (κ1) is 21.4. The SMILES string of the molecule is Cl.NCC1CCCCC1NC(=O)c1ccc(S(=O)(=O)CC(N)=O)cc1. The number of nitrogens with two attached hydrogens (primary N) is 2. The van der Waals surface area contributed by atoms with Crippen LogP contribution in [0.4, 0.5) is 0 Å². The molecule has 2 amide bonds. The third kappa shape index (κ3) is 5.69. The van der Waals surface area contributed by atoms with Crippen LogP contribution >= 0.6 is 12.4 Å². The van der Waals surface area contributed by atoms with E-state index in [-0.39, 0.29) is 35.2 Å². The van der Waals surface area contributed by atoms with Crippen molar-refractivity contribution in [1.29, 1.82) is 0 Å². The smallest absolute Gasteiger partial charge is 0.251 e. The third-order valence-corrected chi connectivity index (χ3v) is 5.99. The van der Waals surface area contributed by atoms with Gasteiger partial charge >= 0.3 is 0 Å². The highest BCUT2D eigenvalue weighted by atomic mass is 35.5. The fourth-order valence-corrected chi connectivity index (χ4v) is 4.11. The van der Waals surface area contributed by atoms with Gasteiger partial charge in [-0.25, -0.2) is 8.42 Å². The third-order valence-electron chi connectivity index (χ3n) is 4.34. The molecule has 1 aliphatic carbocycles. The number of rotatable bonds is 6. The fraction of sp³-hybridized carbons (Fsp3) is 0.500. The van der Waals surface area contributed by atoms with Gasteiger partial charge in [-0.3, -0.25) is 9.59 Å². The summed E-state index contributed by atoms with van der Waals surface area (Å²) in [5.74, 6) is -1.64. The molecule has 1 aromatic carbocycles. The topological polar surface area (TPSA) is 132 Å². The van der Waals surface area contributed by atoms with E-state index in [4.69, 9.17) is 11.5 Å². The molecule has 9 heteroatoms. The fourth-order valence-electron chi connectivity index (χ4n) is 3.02. The lowest BCUT2D eigenvalue weighted by atomic mass is 9.84. The molecule has 140 valence electrons. The minimum absolute atomic E-state index is 0. The maximum absolute atomic E-state index is 12.3. The largest absolute Gasteiger partial charge is 0.369 e. The normalized spacial score (nSPS) is 20.4. The summed E-state index contributed by atoms with van der Waals surface area (Å²) in [4.78, 5) is 23.1. The van der Waals surface area contributed by atoms with Crippen LogP contribution in [0.3, 0.4) is 0 Å². The van der Waals surface area contributed by atoms with E-state index in [2.05, 4.69) is 5.32 Å². The molecule has 1 aromatic rings. The Labute approximate surface area is 153 Å². The lowest BCUT2D eigenvalue weighted by molar-refractivity contribution is -0.115. The molecule has 1 saturated carbocycles. The van der Waals surface area contributed by atoms with E-state index in [0.717, 1.165) is 25.7 Å². The van der Waals surface area contributed by atoms with Gasteiger partial charge in [0.2, 0.25) is 5.91 Å². The van der Waals surface area contributed by atoms with E-state index in [1.165, 1.54) is 24.3 Å². The number of nitrogens with one attached hydrogen (secondary N) is 1. The van der Waals surface area contributed by atoms with Gasteiger partial charge in [-0.1, -0.05) is 12.8 Å². The van der Waals surface area contributed by atoms with Crippen molar-refractivity contribution in [2.75, 3.05) is 12.3 Å². The van der Waals surface area contributed by atoms with E-state index in [0.29, 0.717) is 12.1 Å². The average molecular weight is 390 g/mol. The number of carbonyl (C=O) groups is 2. The Balaban J connectivity index is 0.00000312. The first-order valence-corrected chi connectivity index (χ1v) is 9.61. The van der Waals surface area contributed by atoms with Crippen molar-refractivity contribution in [3.63, 3.8) is 0 Å². The summed E-state index contributed by atoms with van der Waals surface area (Å²) in [6.07, 6.45) is 4.09. The predicted octanol–water partition coefficient (Wildman–Crippen LogP) is 0.615. The van der Waals surface area contributed by atoms with E-state index in [1.54, 1.807) is 0 Å². The van der Waals surface area contributed by atoms with Crippen molar-refractivity contribution < 1.29 is 18.0 Å². The zero-order valence-corrected chi connectivity index (χ0v) is 15.4. The van der Waals surface area contributed by atoms with Crippen LogP contribution in [0.25, 0.3) is 0 Å². The van der Waals surface area contributed by atoms with Crippen LogP contribution in [0.1, 0.15) is 36.0 Å². The first-order chi connectivity index (χ1) is 11.3. The first-order valence-electron chi connectivity index (χ1n) is 7.95. The lowest BCUT2D eigenvalue weighted by Crippen LogP contribution is -2.44. The number of hydrogen-bond donors (Lipinski definition) is 3.